The average molecular weight is 406 g/mol. The molecule has 2 aliphatic rings. The van der Waals surface area contributed by atoms with Crippen molar-refractivity contribution in [2.75, 3.05) is 32.7 Å². The standard InChI is InChI=1S/C25H31N3O2/c1-17-5-7-21-19(13-17)15-20-14-18(2)6-8-22(20)26-23(21)28-11-9-27(10-12-28)16-25(3,4)24(29)30/h5-8,13-14H,9-12,15-16H2,1-4H3,(H,29,30). The largest absolute Gasteiger partial charge is 0.481 e. The number of piperazine rings is 1. The van der Waals surface area contributed by atoms with E-state index in [1.807, 2.05) is 0 Å². The van der Waals surface area contributed by atoms with E-state index < -0.39 is 11.4 Å². The Morgan fingerprint density at radius 3 is 2.30 bits per heavy atom. The first-order valence-corrected chi connectivity index (χ1v) is 10.7. The predicted octanol–water partition coefficient (Wildman–Crippen LogP) is 4.01. The van der Waals surface area contributed by atoms with E-state index in [9.17, 15) is 9.90 Å². The number of benzene rings is 2. The van der Waals surface area contributed by atoms with Crippen LogP contribution in [0.1, 0.15) is 41.7 Å². The van der Waals surface area contributed by atoms with Crippen LogP contribution in [0.4, 0.5) is 5.69 Å². The summed E-state index contributed by atoms with van der Waals surface area (Å²) in [4.78, 5) is 21.3. The summed E-state index contributed by atoms with van der Waals surface area (Å²) >= 11 is 0. The number of aliphatic carboxylic acids is 1. The fourth-order valence-electron chi connectivity index (χ4n) is 4.42. The summed E-state index contributed by atoms with van der Waals surface area (Å²) in [6.45, 7) is 11.8. The lowest BCUT2D eigenvalue weighted by Crippen LogP contribution is -2.52. The number of amidine groups is 1. The highest BCUT2D eigenvalue weighted by Gasteiger charge is 2.32. The fraction of sp³-hybridized carbons (Fsp3) is 0.440. The van der Waals surface area contributed by atoms with Gasteiger partial charge in [-0.3, -0.25) is 9.69 Å². The minimum atomic E-state index is -0.741. The van der Waals surface area contributed by atoms with E-state index in [1.165, 1.54) is 27.8 Å². The first-order valence-electron chi connectivity index (χ1n) is 10.7. The van der Waals surface area contributed by atoms with Crippen molar-refractivity contribution < 1.29 is 9.90 Å². The molecule has 0 atom stereocenters. The first-order chi connectivity index (χ1) is 14.2. The maximum atomic E-state index is 11.5. The summed E-state index contributed by atoms with van der Waals surface area (Å²) in [6.07, 6.45) is 0.897. The summed E-state index contributed by atoms with van der Waals surface area (Å²) in [5.74, 6) is 0.305. The highest BCUT2D eigenvalue weighted by Crippen LogP contribution is 2.31. The third-order valence-corrected chi connectivity index (χ3v) is 6.21. The molecule has 2 aromatic rings. The topological polar surface area (TPSA) is 56.1 Å². The minimum Gasteiger partial charge on any atom is -0.481 e. The Bertz CT molecular complexity index is 1000. The number of carbonyl (C=O) groups is 1. The third-order valence-electron chi connectivity index (χ3n) is 6.21. The molecule has 2 aromatic carbocycles. The Morgan fingerprint density at radius 1 is 1.00 bits per heavy atom. The van der Waals surface area contributed by atoms with Crippen LogP contribution < -0.4 is 0 Å². The van der Waals surface area contributed by atoms with Crippen molar-refractivity contribution in [2.24, 2.45) is 10.4 Å². The Hall–Kier alpha value is -2.66. The fourth-order valence-corrected chi connectivity index (χ4v) is 4.42. The van der Waals surface area contributed by atoms with E-state index in [1.54, 1.807) is 13.8 Å². The van der Waals surface area contributed by atoms with Crippen molar-refractivity contribution in [3.63, 3.8) is 0 Å². The van der Waals surface area contributed by atoms with E-state index in [-0.39, 0.29) is 0 Å². The molecule has 0 bridgehead atoms. The lowest BCUT2D eigenvalue weighted by molar-refractivity contribution is -0.148. The van der Waals surface area contributed by atoms with Crippen molar-refractivity contribution in [3.05, 3.63) is 64.2 Å². The van der Waals surface area contributed by atoms with Gasteiger partial charge in [0, 0.05) is 44.7 Å². The molecule has 0 aliphatic carbocycles. The van der Waals surface area contributed by atoms with Gasteiger partial charge in [-0.1, -0.05) is 41.5 Å². The molecule has 0 spiro atoms. The van der Waals surface area contributed by atoms with E-state index in [4.69, 9.17) is 4.99 Å². The zero-order chi connectivity index (χ0) is 21.5. The lowest BCUT2D eigenvalue weighted by atomic mass is 9.93. The highest BCUT2D eigenvalue weighted by atomic mass is 16.4. The molecule has 5 nitrogen and oxygen atoms in total. The number of aliphatic imine (C=N–C) groups is 1. The van der Waals surface area contributed by atoms with Crippen LogP contribution in [0.2, 0.25) is 0 Å². The van der Waals surface area contributed by atoms with Crippen LogP contribution >= 0.6 is 0 Å². The maximum absolute atomic E-state index is 11.5. The Kier molecular flexibility index (Phi) is 5.41. The molecule has 2 heterocycles. The number of hydrogen-bond donors (Lipinski definition) is 1. The van der Waals surface area contributed by atoms with E-state index >= 15 is 0 Å². The second-order valence-corrected chi connectivity index (χ2v) is 9.36. The molecule has 158 valence electrons. The molecule has 1 N–H and O–H groups in total. The SMILES string of the molecule is Cc1ccc2c(c1)Cc1cc(C)ccc1C(N1CCN(CC(C)(C)C(=O)O)CC1)=N2. The van der Waals surface area contributed by atoms with Crippen LogP contribution in [0, 0.1) is 19.3 Å². The maximum Gasteiger partial charge on any atom is 0.310 e. The van der Waals surface area contributed by atoms with Crippen LogP contribution in [-0.4, -0.2) is 59.4 Å². The summed E-state index contributed by atoms with van der Waals surface area (Å²) in [7, 11) is 0. The van der Waals surface area contributed by atoms with Crippen molar-refractivity contribution >= 4 is 17.5 Å². The van der Waals surface area contributed by atoms with Crippen LogP contribution in [0.3, 0.4) is 0 Å². The number of rotatable bonds is 3. The Labute approximate surface area is 179 Å². The average Bonchev–Trinajstić information content (AvgIpc) is 2.84. The normalized spacial score (nSPS) is 17.1. The van der Waals surface area contributed by atoms with Crippen molar-refractivity contribution in [3.8, 4) is 0 Å². The van der Waals surface area contributed by atoms with Crippen LogP contribution in [0.25, 0.3) is 0 Å². The van der Waals surface area contributed by atoms with Gasteiger partial charge in [0.15, 0.2) is 0 Å². The van der Waals surface area contributed by atoms with Gasteiger partial charge in [-0.25, -0.2) is 4.99 Å². The number of nitrogens with zero attached hydrogens (tertiary/aromatic N) is 3. The molecule has 0 unspecified atom stereocenters. The van der Waals surface area contributed by atoms with Crippen LogP contribution in [-0.2, 0) is 11.2 Å². The van der Waals surface area contributed by atoms with Gasteiger partial charge in [-0.15, -0.1) is 0 Å². The van der Waals surface area contributed by atoms with Crippen LogP contribution in [0.5, 0.6) is 0 Å². The quantitative estimate of drug-likeness (QED) is 0.838. The van der Waals surface area contributed by atoms with Crippen LogP contribution in [0.15, 0.2) is 41.4 Å². The molecule has 30 heavy (non-hydrogen) atoms. The zero-order valence-electron chi connectivity index (χ0n) is 18.4. The molecule has 0 aromatic heterocycles. The number of carboxylic acid groups (broad SMARTS) is 1. The number of aryl methyl sites for hydroxylation is 2. The van der Waals surface area contributed by atoms with Crippen molar-refractivity contribution in [1.29, 1.82) is 0 Å². The highest BCUT2D eigenvalue weighted by molar-refractivity contribution is 6.02. The van der Waals surface area contributed by atoms with Gasteiger partial charge >= 0.3 is 5.97 Å². The van der Waals surface area contributed by atoms with E-state index in [0.29, 0.717) is 6.54 Å². The minimum absolute atomic E-state index is 0.570. The molecular formula is C25H31N3O2. The molecule has 0 amide bonds. The molecule has 1 fully saturated rings. The van der Waals surface area contributed by atoms with Gasteiger partial charge in [-0.05, 0) is 44.9 Å². The van der Waals surface area contributed by atoms with E-state index in [2.05, 4.69) is 60.0 Å². The smallest absolute Gasteiger partial charge is 0.310 e. The summed E-state index contributed by atoms with van der Waals surface area (Å²) < 4.78 is 0. The van der Waals surface area contributed by atoms with Gasteiger partial charge < -0.3 is 10.0 Å². The summed E-state index contributed by atoms with van der Waals surface area (Å²) in [5, 5.41) is 9.45. The first kappa shape index (κ1) is 20.6. The number of carboxylic acids is 1. The summed E-state index contributed by atoms with van der Waals surface area (Å²) in [6, 6.07) is 13.2. The van der Waals surface area contributed by atoms with Gasteiger partial charge in [0.2, 0.25) is 0 Å². The second kappa shape index (κ2) is 7.88. The number of fused-ring (bicyclic) bond motifs is 2. The molecule has 1 saturated heterocycles. The Balaban J connectivity index is 1.62. The van der Waals surface area contributed by atoms with Crippen molar-refractivity contribution in [2.45, 2.75) is 34.1 Å². The Morgan fingerprint density at radius 2 is 1.63 bits per heavy atom. The van der Waals surface area contributed by atoms with Gasteiger partial charge in [0.25, 0.3) is 0 Å². The lowest BCUT2D eigenvalue weighted by Gasteiger charge is -2.39. The number of hydrogen-bond acceptors (Lipinski definition) is 4. The van der Waals surface area contributed by atoms with Gasteiger partial charge in [0.1, 0.15) is 5.84 Å². The molecule has 5 heteroatoms. The monoisotopic (exact) mass is 405 g/mol. The van der Waals surface area contributed by atoms with E-state index in [0.717, 1.165) is 44.1 Å². The molecule has 0 radical (unpaired) electrons. The summed E-state index contributed by atoms with van der Waals surface area (Å²) in [5.41, 5.74) is 6.67. The zero-order valence-corrected chi connectivity index (χ0v) is 18.4. The van der Waals surface area contributed by atoms with Crippen molar-refractivity contribution in [1.82, 2.24) is 9.80 Å². The predicted molar refractivity (Wildman–Crippen MR) is 121 cm³/mol. The van der Waals surface area contributed by atoms with Gasteiger partial charge in [-0.2, -0.15) is 0 Å². The molecule has 2 aliphatic heterocycles. The molecular weight excluding hydrogens is 374 g/mol. The molecule has 4 rings (SSSR count). The van der Waals surface area contributed by atoms with Gasteiger partial charge in [0.05, 0.1) is 11.1 Å². The third kappa shape index (κ3) is 4.12. The molecule has 0 saturated carbocycles. The second-order valence-electron chi connectivity index (χ2n) is 9.36.